The summed E-state index contributed by atoms with van der Waals surface area (Å²) in [5.41, 5.74) is 0.00694. The molecule has 1 aromatic rings. The summed E-state index contributed by atoms with van der Waals surface area (Å²) in [4.78, 5) is 3.92. The lowest BCUT2D eigenvalue weighted by atomic mass is 10.2. The zero-order valence-electron chi connectivity index (χ0n) is 11.8. The van der Waals surface area contributed by atoms with E-state index in [4.69, 9.17) is 4.74 Å². The summed E-state index contributed by atoms with van der Waals surface area (Å²) < 4.78 is 47.5. The summed E-state index contributed by atoms with van der Waals surface area (Å²) in [5.74, 6) is -0.434. The molecule has 1 aromatic carbocycles. The summed E-state index contributed by atoms with van der Waals surface area (Å²) in [6.45, 7) is -2.07. The molecular weight excluding hydrogens is 287 g/mol. The maximum atomic E-state index is 13.7. The molecule has 0 amide bonds. The van der Waals surface area contributed by atoms with E-state index in [1.165, 1.54) is 18.2 Å². The molecule has 0 aliphatic rings. The van der Waals surface area contributed by atoms with Gasteiger partial charge >= 0.3 is 6.61 Å². The molecule has 0 aliphatic carbocycles. The highest BCUT2D eigenvalue weighted by Gasteiger charge is 2.13. The van der Waals surface area contributed by atoms with E-state index >= 15 is 0 Å². The van der Waals surface area contributed by atoms with E-state index < -0.39 is 12.4 Å². The van der Waals surface area contributed by atoms with Gasteiger partial charge in [-0.15, -0.1) is 0 Å². The molecule has 8 heteroatoms. The van der Waals surface area contributed by atoms with E-state index in [1.54, 1.807) is 14.2 Å². The lowest BCUT2D eigenvalue weighted by Gasteiger charge is -2.15. The van der Waals surface area contributed by atoms with Crippen molar-refractivity contribution in [1.29, 1.82) is 0 Å². The molecule has 2 N–H and O–H groups in total. The standard InChI is InChI=1S/C13H18F3N3O2/c1-17-13(18-6-7-20-2)19-8-9-10(14)4-3-5-11(9)21-12(15)16/h3-5,12H,6-8H2,1-2H3,(H2,17,18,19). The number of alkyl halides is 2. The number of benzene rings is 1. The van der Waals surface area contributed by atoms with Crippen molar-refractivity contribution in [2.45, 2.75) is 13.2 Å². The fraction of sp³-hybridized carbons (Fsp3) is 0.462. The van der Waals surface area contributed by atoms with E-state index in [9.17, 15) is 13.2 Å². The second-order valence-corrected chi connectivity index (χ2v) is 3.94. The average Bonchev–Trinajstić information content (AvgIpc) is 2.44. The number of ether oxygens (including phenoxy) is 2. The van der Waals surface area contributed by atoms with Gasteiger partial charge in [-0.3, -0.25) is 4.99 Å². The van der Waals surface area contributed by atoms with Crippen LogP contribution >= 0.6 is 0 Å². The quantitative estimate of drug-likeness (QED) is 0.458. The first kappa shape index (κ1) is 17.1. The molecule has 0 radical (unpaired) electrons. The second kappa shape index (κ2) is 9.06. The third-order valence-electron chi connectivity index (χ3n) is 2.55. The molecular formula is C13H18F3N3O2. The van der Waals surface area contributed by atoms with E-state index in [-0.39, 0.29) is 17.9 Å². The summed E-state index contributed by atoms with van der Waals surface area (Å²) in [5, 5.41) is 5.74. The molecule has 0 atom stereocenters. The maximum Gasteiger partial charge on any atom is 0.387 e. The topological polar surface area (TPSA) is 54.9 Å². The molecule has 0 saturated carbocycles. The fourth-order valence-corrected chi connectivity index (χ4v) is 1.58. The number of hydrogen-bond acceptors (Lipinski definition) is 3. The van der Waals surface area contributed by atoms with Gasteiger partial charge in [-0.2, -0.15) is 8.78 Å². The number of halogens is 3. The average molecular weight is 305 g/mol. The molecule has 0 fully saturated rings. The summed E-state index contributed by atoms with van der Waals surface area (Å²) in [6.07, 6.45) is 0. The van der Waals surface area contributed by atoms with Crippen LogP contribution in [0.1, 0.15) is 5.56 Å². The zero-order chi connectivity index (χ0) is 15.7. The van der Waals surface area contributed by atoms with Crippen molar-refractivity contribution in [2.24, 2.45) is 4.99 Å². The molecule has 0 saturated heterocycles. The van der Waals surface area contributed by atoms with Gasteiger partial charge in [0.2, 0.25) is 0 Å². The van der Waals surface area contributed by atoms with E-state index in [0.29, 0.717) is 19.1 Å². The van der Waals surface area contributed by atoms with E-state index in [1.807, 2.05) is 0 Å². The van der Waals surface area contributed by atoms with E-state index in [2.05, 4.69) is 20.4 Å². The van der Waals surface area contributed by atoms with Crippen LogP contribution in [0.4, 0.5) is 13.2 Å². The predicted octanol–water partition coefficient (Wildman–Crippen LogP) is 1.74. The molecule has 21 heavy (non-hydrogen) atoms. The van der Waals surface area contributed by atoms with Crippen molar-refractivity contribution in [3.63, 3.8) is 0 Å². The Bertz CT molecular complexity index is 470. The lowest BCUT2D eigenvalue weighted by molar-refractivity contribution is -0.0506. The minimum absolute atomic E-state index is 0.00694. The summed E-state index contributed by atoms with van der Waals surface area (Å²) in [6, 6.07) is 3.77. The van der Waals surface area contributed by atoms with Gasteiger partial charge in [0, 0.05) is 32.8 Å². The van der Waals surface area contributed by atoms with Gasteiger partial charge in [0.25, 0.3) is 0 Å². The zero-order valence-corrected chi connectivity index (χ0v) is 11.8. The number of guanidine groups is 1. The highest BCUT2D eigenvalue weighted by Crippen LogP contribution is 2.23. The van der Waals surface area contributed by atoms with Gasteiger partial charge < -0.3 is 20.1 Å². The third-order valence-corrected chi connectivity index (χ3v) is 2.55. The highest BCUT2D eigenvalue weighted by molar-refractivity contribution is 5.79. The van der Waals surface area contributed by atoms with Crippen molar-refractivity contribution < 1.29 is 22.6 Å². The first-order valence-corrected chi connectivity index (χ1v) is 6.24. The predicted molar refractivity (Wildman–Crippen MR) is 73.1 cm³/mol. The Morgan fingerprint density at radius 2 is 2.10 bits per heavy atom. The third kappa shape index (κ3) is 5.90. The van der Waals surface area contributed by atoms with Crippen molar-refractivity contribution >= 4 is 5.96 Å². The van der Waals surface area contributed by atoms with Gasteiger partial charge in [-0.25, -0.2) is 4.39 Å². The number of nitrogens with one attached hydrogen (secondary N) is 2. The first-order valence-electron chi connectivity index (χ1n) is 6.24. The van der Waals surface area contributed by atoms with Crippen LogP contribution in [-0.2, 0) is 11.3 Å². The summed E-state index contributed by atoms with van der Waals surface area (Å²) in [7, 11) is 3.10. The van der Waals surface area contributed by atoms with Crippen LogP contribution in [0.3, 0.4) is 0 Å². The Balaban J connectivity index is 2.69. The highest BCUT2D eigenvalue weighted by atomic mass is 19.3. The van der Waals surface area contributed by atoms with Gasteiger partial charge in [0.15, 0.2) is 5.96 Å². The van der Waals surface area contributed by atoms with Crippen molar-refractivity contribution in [2.75, 3.05) is 27.3 Å². The molecule has 5 nitrogen and oxygen atoms in total. The smallest absolute Gasteiger partial charge is 0.387 e. The molecule has 0 aromatic heterocycles. The molecule has 118 valence electrons. The first-order chi connectivity index (χ1) is 10.1. The monoisotopic (exact) mass is 305 g/mol. The fourth-order valence-electron chi connectivity index (χ4n) is 1.58. The second-order valence-electron chi connectivity index (χ2n) is 3.94. The van der Waals surface area contributed by atoms with Crippen LogP contribution in [-0.4, -0.2) is 39.9 Å². The van der Waals surface area contributed by atoms with Gasteiger partial charge in [0.05, 0.1) is 6.61 Å². The minimum Gasteiger partial charge on any atom is -0.434 e. The Kier molecular flexibility index (Phi) is 7.38. The molecule has 0 spiro atoms. The Hall–Kier alpha value is -1.96. The van der Waals surface area contributed by atoms with Crippen LogP contribution in [0.2, 0.25) is 0 Å². The molecule has 0 aliphatic heterocycles. The van der Waals surface area contributed by atoms with Crippen LogP contribution in [0.15, 0.2) is 23.2 Å². The van der Waals surface area contributed by atoms with Crippen molar-refractivity contribution in [3.05, 3.63) is 29.6 Å². The van der Waals surface area contributed by atoms with Crippen molar-refractivity contribution in [1.82, 2.24) is 10.6 Å². The largest absolute Gasteiger partial charge is 0.434 e. The van der Waals surface area contributed by atoms with Crippen LogP contribution in [0.5, 0.6) is 5.75 Å². The van der Waals surface area contributed by atoms with Crippen LogP contribution < -0.4 is 15.4 Å². The van der Waals surface area contributed by atoms with Crippen LogP contribution in [0, 0.1) is 5.82 Å². The minimum atomic E-state index is -3.01. The molecule has 0 bridgehead atoms. The number of aliphatic imine (C=N–C) groups is 1. The molecule has 1 rings (SSSR count). The van der Waals surface area contributed by atoms with Gasteiger partial charge in [-0.1, -0.05) is 6.07 Å². The maximum absolute atomic E-state index is 13.7. The number of hydrogen-bond donors (Lipinski definition) is 2. The van der Waals surface area contributed by atoms with E-state index in [0.717, 1.165) is 0 Å². The van der Waals surface area contributed by atoms with Crippen molar-refractivity contribution in [3.8, 4) is 5.75 Å². The normalized spacial score (nSPS) is 11.6. The summed E-state index contributed by atoms with van der Waals surface area (Å²) >= 11 is 0. The van der Waals surface area contributed by atoms with Gasteiger partial charge in [-0.05, 0) is 12.1 Å². The van der Waals surface area contributed by atoms with Gasteiger partial charge in [0.1, 0.15) is 11.6 Å². The number of methoxy groups -OCH3 is 1. The Morgan fingerprint density at radius 1 is 1.33 bits per heavy atom. The Morgan fingerprint density at radius 3 is 2.71 bits per heavy atom. The number of rotatable bonds is 7. The number of nitrogens with zero attached hydrogens (tertiary/aromatic N) is 1. The lowest BCUT2D eigenvalue weighted by Crippen LogP contribution is -2.38. The SMILES string of the molecule is CN=C(NCCOC)NCc1c(F)cccc1OC(F)F. The Labute approximate surface area is 121 Å². The molecule has 0 heterocycles. The van der Waals surface area contributed by atoms with Crippen LogP contribution in [0.25, 0.3) is 0 Å². The molecule has 0 unspecified atom stereocenters.